The molecule has 0 radical (unpaired) electrons. The molecule has 9 heteroatoms. The number of aliphatic carboxylic acids is 1. The lowest BCUT2D eigenvalue weighted by molar-refractivity contribution is -0.139. The Balaban J connectivity index is 3.10. The van der Waals surface area contributed by atoms with Crippen molar-refractivity contribution in [3.05, 3.63) is 28.2 Å². The van der Waals surface area contributed by atoms with E-state index in [4.69, 9.17) is 33.4 Å². The molecule has 1 aromatic rings. The maximum atomic E-state index is 12.0. The van der Waals surface area contributed by atoms with Crippen LogP contribution in [0.25, 0.3) is 0 Å². The lowest BCUT2D eigenvalue weighted by Gasteiger charge is -2.14. The Morgan fingerprint density at radius 2 is 2.00 bits per heavy atom. The Bertz CT molecular complexity index is 575. The average molecular weight is 328 g/mol. The second-order valence-electron chi connectivity index (χ2n) is 3.60. The number of hydrogen-bond donors (Lipinski definition) is 3. The molecule has 3 N–H and O–H groups in total. The van der Waals surface area contributed by atoms with E-state index in [9.17, 15) is 13.2 Å². The number of carbonyl (C=O) groups is 1. The second-order valence-corrected chi connectivity index (χ2v) is 6.13. The van der Waals surface area contributed by atoms with Crippen LogP contribution in [0.15, 0.2) is 23.1 Å². The number of aliphatic hydroxyl groups is 1. The third kappa shape index (κ3) is 4.32. The summed E-state index contributed by atoms with van der Waals surface area (Å²) in [6.45, 7) is -0.469. The van der Waals surface area contributed by atoms with E-state index in [0.29, 0.717) is 0 Å². The van der Waals surface area contributed by atoms with Crippen LogP contribution >= 0.6 is 23.2 Å². The highest BCUT2D eigenvalue weighted by Gasteiger charge is 2.26. The van der Waals surface area contributed by atoms with Gasteiger partial charge in [-0.1, -0.05) is 23.2 Å². The largest absolute Gasteiger partial charge is 0.480 e. The van der Waals surface area contributed by atoms with Gasteiger partial charge in [0.1, 0.15) is 10.9 Å². The first-order valence-electron chi connectivity index (χ1n) is 5.09. The van der Waals surface area contributed by atoms with Gasteiger partial charge in [0.05, 0.1) is 5.02 Å². The van der Waals surface area contributed by atoms with Gasteiger partial charge in [0.2, 0.25) is 10.0 Å². The van der Waals surface area contributed by atoms with Crippen molar-refractivity contribution in [1.29, 1.82) is 0 Å². The minimum absolute atomic E-state index is 0.0787. The summed E-state index contributed by atoms with van der Waals surface area (Å²) in [5.74, 6) is -1.39. The van der Waals surface area contributed by atoms with E-state index in [0.717, 1.165) is 6.07 Å². The molecular formula is C10H11Cl2NO5S. The van der Waals surface area contributed by atoms with Crippen LogP contribution < -0.4 is 4.72 Å². The number of nitrogens with one attached hydrogen (secondary N) is 1. The van der Waals surface area contributed by atoms with E-state index in [1.807, 2.05) is 4.72 Å². The van der Waals surface area contributed by atoms with Crippen LogP contribution in [0.2, 0.25) is 10.0 Å². The summed E-state index contributed by atoms with van der Waals surface area (Å²) in [6, 6.07) is 2.38. The number of aliphatic hydroxyl groups excluding tert-OH is 1. The van der Waals surface area contributed by atoms with Crippen LogP contribution in [0.4, 0.5) is 0 Å². The summed E-state index contributed by atoms with van der Waals surface area (Å²) in [6.07, 6.45) is -0.257. The van der Waals surface area contributed by atoms with E-state index in [1.54, 1.807) is 0 Å². The van der Waals surface area contributed by atoms with Gasteiger partial charge < -0.3 is 10.2 Å². The van der Waals surface area contributed by atoms with Gasteiger partial charge in [-0.3, -0.25) is 4.79 Å². The van der Waals surface area contributed by atoms with Crippen LogP contribution in [-0.4, -0.2) is 37.2 Å². The Kier molecular flexibility index (Phi) is 5.57. The maximum absolute atomic E-state index is 12.0. The molecular weight excluding hydrogens is 317 g/mol. The molecule has 1 aromatic carbocycles. The number of hydrogen-bond acceptors (Lipinski definition) is 4. The van der Waals surface area contributed by atoms with Crippen molar-refractivity contribution >= 4 is 39.2 Å². The number of sulfonamides is 1. The molecule has 19 heavy (non-hydrogen) atoms. The fraction of sp³-hybridized carbons (Fsp3) is 0.300. The summed E-state index contributed by atoms with van der Waals surface area (Å²) in [4.78, 5) is 10.5. The molecule has 0 bridgehead atoms. The molecule has 0 aliphatic carbocycles. The van der Waals surface area contributed by atoms with Crippen molar-refractivity contribution in [2.24, 2.45) is 0 Å². The molecule has 0 spiro atoms. The monoisotopic (exact) mass is 327 g/mol. The maximum Gasteiger partial charge on any atom is 0.321 e. The van der Waals surface area contributed by atoms with Gasteiger partial charge in [-0.2, -0.15) is 4.72 Å². The summed E-state index contributed by atoms with van der Waals surface area (Å²) in [5, 5.41) is 17.6. The third-order valence-corrected chi connectivity index (χ3v) is 4.38. The zero-order chi connectivity index (χ0) is 14.6. The predicted octanol–water partition coefficient (Wildman–Crippen LogP) is 1.11. The molecule has 1 atom stereocenters. The third-order valence-electron chi connectivity index (χ3n) is 2.20. The van der Waals surface area contributed by atoms with Gasteiger partial charge in [0.15, 0.2) is 0 Å². The molecule has 0 unspecified atom stereocenters. The molecule has 0 aliphatic rings. The summed E-state index contributed by atoms with van der Waals surface area (Å²) < 4.78 is 25.9. The van der Waals surface area contributed by atoms with Crippen LogP contribution in [0.3, 0.4) is 0 Å². The Labute approximate surface area is 120 Å². The second kappa shape index (κ2) is 6.53. The van der Waals surface area contributed by atoms with Gasteiger partial charge in [-0.15, -0.1) is 0 Å². The summed E-state index contributed by atoms with van der Waals surface area (Å²) in [7, 11) is -4.14. The molecule has 0 saturated carbocycles. The standard InChI is InChI=1S/C10H11Cl2NO5S/c11-6-1-2-7(12)9(5-6)19(17,18)13-8(3-4-14)10(15)16/h1-2,5,8,13-14H,3-4H2,(H,15,16)/t8-/m1/s1. The van der Waals surface area contributed by atoms with Gasteiger partial charge in [-0.05, 0) is 24.6 Å². The number of halogens is 2. The first-order chi connectivity index (χ1) is 8.77. The van der Waals surface area contributed by atoms with Crippen molar-refractivity contribution in [2.75, 3.05) is 6.61 Å². The van der Waals surface area contributed by atoms with Crippen molar-refractivity contribution in [1.82, 2.24) is 4.72 Å². The zero-order valence-corrected chi connectivity index (χ0v) is 11.8. The highest BCUT2D eigenvalue weighted by atomic mass is 35.5. The van der Waals surface area contributed by atoms with E-state index >= 15 is 0 Å². The number of carboxylic acids is 1. The van der Waals surface area contributed by atoms with Crippen LogP contribution in [0, 0.1) is 0 Å². The first-order valence-corrected chi connectivity index (χ1v) is 7.33. The highest BCUT2D eigenvalue weighted by Crippen LogP contribution is 2.25. The SMILES string of the molecule is O=C(O)[C@@H](CCO)NS(=O)(=O)c1cc(Cl)ccc1Cl. The molecule has 0 fully saturated rings. The molecule has 6 nitrogen and oxygen atoms in total. The Hall–Kier alpha value is -0.860. The van der Waals surface area contributed by atoms with Crippen molar-refractivity contribution < 1.29 is 23.4 Å². The average Bonchev–Trinajstić information content (AvgIpc) is 2.31. The van der Waals surface area contributed by atoms with Crippen LogP contribution in [-0.2, 0) is 14.8 Å². The van der Waals surface area contributed by atoms with Crippen LogP contribution in [0.1, 0.15) is 6.42 Å². The van der Waals surface area contributed by atoms with E-state index in [-0.39, 0.29) is 21.4 Å². The first kappa shape index (κ1) is 16.2. The normalized spacial score (nSPS) is 13.2. The Morgan fingerprint density at radius 1 is 1.37 bits per heavy atom. The van der Waals surface area contributed by atoms with Crippen molar-refractivity contribution in [2.45, 2.75) is 17.4 Å². The van der Waals surface area contributed by atoms with Crippen LogP contribution in [0.5, 0.6) is 0 Å². The lowest BCUT2D eigenvalue weighted by Crippen LogP contribution is -2.41. The fourth-order valence-corrected chi connectivity index (χ4v) is 3.28. The number of carboxylic acid groups (broad SMARTS) is 1. The highest BCUT2D eigenvalue weighted by molar-refractivity contribution is 7.89. The van der Waals surface area contributed by atoms with Gasteiger partial charge in [0.25, 0.3) is 0 Å². The quantitative estimate of drug-likeness (QED) is 0.726. The molecule has 0 aliphatic heterocycles. The Morgan fingerprint density at radius 3 is 2.53 bits per heavy atom. The molecule has 1 rings (SSSR count). The summed E-state index contributed by atoms with van der Waals surface area (Å²) >= 11 is 11.4. The predicted molar refractivity (Wildman–Crippen MR) is 69.9 cm³/mol. The molecule has 0 heterocycles. The minimum Gasteiger partial charge on any atom is -0.480 e. The lowest BCUT2D eigenvalue weighted by atomic mass is 10.2. The molecule has 106 valence electrons. The fourth-order valence-electron chi connectivity index (χ4n) is 1.30. The van der Waals surface area contributed by atoms with Crippen molar-refractivity contribution in [3.63, 3.8) is 0 Å². The van der Waals surface area contributed by atoms with E-state index in [1.165, 1.54) is 12.1 Å². The molecule has 0 aromatic heterocycles. The topological polar surface area (TPSA) is 104 Å². The van der Waals surface area contributed by atoms with Gasteiger partial charge >= 0.3 is 5.97 Å². The summed E-state index contributed by atoms with van der Waals surface area (Å²) in [5.41, 5.74) is 0. The number of rotatable bonds is 6. The molecule has 0 saturated heterocycles. The van der Waals surface area contributed by atoms with Crippen molar-refractivity contribution in [3.8, 4) is 0 Å². The smallest absolute Gasteiger partial charge is 0.321 e. The van der Waals surface area contributed by atoms with Gasteiger partial charge in [0, 0.05) is 11.6 Å². The molecule has 0 amide bonds. The van der Waals surface area contributed by atoms with E-state index in [2.05, 4.69) is 0 Å². The minimum atomic E-state index is -4.14. The number of benzene rings is 1. The van der Waals surface area contributed by atoms with E-state index < -0.39 is 28.6 Å². The zero-order valence-electron chi connectivity index (χ0n) is 9.51. The van der Waals surface area contributed by atoms with Gasteiger partial charge in [-0.25, -0.2) is 8.42 Å².